The zero-order valence-electron chi connectivity index (χ0n) is 26.4. The Bertz CT molecular complexity index is 1400. The molecule has 3 aromatic carbocycles. The molecule has 0 unspecified atom stereocenters. The lowest BCUT2D eigenvalue weighted by Gasteiger charge is -2.31. The van der Waals surface area contributed by atoms with E-state index in [1.807, 2.05) is 12.1 Å². The summed E-state index contributed by atoms with van der Waals surface area (Å²) in [5, 5.41) is 0. The van der Waals surface area contributed by atoms with Crippen LogP contribution in [0.25, 0.3) is 22.6 Å². The van der Waals surface area contributed by atoms with Gasteiger partial charge in [0.25, 0.3) is 0 Å². The summed E-state index contributed by atoms with van der Waals surface area (Å²) in [6, 6.07) is 25.2. The summed E-state index contributed by atoms with van der Waals surface area (Å²) >= 11 is 0. The number of ether oxygens (including phenoxy) is 3. The van der Waals surface area contributed by atoms with Gasteiger partial charge in [-0.15, -0.1) is 0 Å². The van der Waals surface area contributed by atoms with Crippen molar-refractivity contribution < 1.29 is 14.2 Å². The highest BCUT2D eigenvalue weighted by atomic mass is 16.5. The molecule has 228 valence electrons. The predicted octanol–water partition coefficient (Wildman–Crippen LogP) is 8.63. The topological polar surface area (TPSA) is 48.8 Å². The average Bonchev–Trinajstić information content (AvgIpc) is 3.42. The monoisotopic (exact) mass is 581 g/mol. The second-order valence-corrected chi connectivity index (χ2v) is 11.7. The van der Waals surface area contributed by atoms with Crippen molar-refractivity contribution in [1.29, 1.82) is 0 Å². The molecule has 0 saturated heterocycles. The summed E-state index contributed by atoms with van der Waals surface area (Å²) in [6.07, 6.45) is 8.76. The molecule has 0 aliphatic heterocycles. The summed E-state index contributed by atoms with van der Waals surface area (Å²) in [4.78, 5) is 7.97. The number of hydrogen-bond donors (Lipinski definition) is 0. The van der Waals surface area contributed by atoms with Crippen LogP contribution in [0.2, 0.25) is 0 Å². The number of imidazole rings is 1. The van der Waals surface area contributed by atoms with Gasteiger partial charge in [0.05, 0.1) is 38.3 Å². The molecule has 6 nitrogen and oxygen atoms in total. The molecule has 1 saturated carbocycles. The van der Waals surface area contributed by atoms with Crippen molar-refractivity contribution in [3.8, 4) is 39.9 Å². The van der Waals surface area contributed by atoms with Crippen molar-refractivity contribution in [2.24, 2.45) is 5.92 Å². The van der Waals surface area contributed by atoms with E-state index in [2.05, 4.69) is 77.1 Å². The van der Waals surface area contributed by atoms with Gasteiger partial charge in [-0.1, -0.05) is 93.3 Å². The largest absolute Gasteiger partial charge is 0.496 e. The van der Waals surface area contributed by atoms with Gasteiger partial charge < -0.3 is 18.8 Å². The van der Waals surface area contributed by atoms with E-state index in [0.717, 1.165) is 77.9 Å². The van der Waals surface area contributed by atoms with Gasteiger partial charge in [-0.05, 0) is 25.2 Å². The molecule has 0 N–H and O–H groups in total. The number of aromatic nitrogens is 2. The highest BCUT2D eigenvalue weighted by Gasteiger charge is 2.26. The lowest BCUT2D eigenvalue weighted by Crippen LogP contribution is -2.31. The molecule has 6 heteroatoms. The van der Waals surface area contributed by atoms with Crippen LogP contribution in [0.3, 0.4) is 0 Å². The van der Waals surface area contributed by atoms with Gasteiger partial charge in [-0.2, -0.15) is 0 Å². The zero-order chi connectivity index (χ0) is 30.0. The quantitative estimate of drug-likeness (QED) is 0.149. The second kappa shape index (κ2) is 15.1. The maximum atomic E-state index is 5.90. The Morgan fingerprint density at radius 3 is 2.00 bits per heavy atom. The molecular weight excluding hydrogens is 534 g/mol. The molecule has 1 heterocycles. The fourth-order valence-electron chi connectivity index (χ4n) is 6.43. The standard InChI is InChI=1S/C37H47N3O3/c1-5-6-22-40-33(36(29-18-12-8-13-19-29)38-37(40)30-20-14-9-15-21-30)27-39(25-28-16-10-7-11-17-28)26-32-34(42-3)23-31(41-2)24-35(32)43-4/h8-9,12-15,18-21,23-24,28H,5-7,10-11,16-17,22,25-27H2,1-4H3. The maximum Gasteiger partial charge on any atom is 0.140 e. The molecule has 0 bridgehead atoms. The second-order valence-electron chi connectivity index (χ2n) is 11.7. The number of benzene rings is 3. The van der Waals surface area contributed by atoms with Gasteiger partial charge in [-0.3, -0.25) is 4.90 Å². The minimum Gasteiger partial charge on any atom is -0.496 e. The number of rotatable bonds is 14. The first-order valence-corrected chi connectivity index (χ1v) is 15.9. The number of nitrogens with zero attached hydrogens (tertiary/aromatic N) is 3. The van der Waals surface area contributed by atoms with Crippen LogP contribution < -0.4 is 14.2 Å². The third-order valence-electron chi connectivity index (χ3n) is 8.70. The van der Waals surface area contributed by atoms with E-state index in [-0.39, 0.29) is 0 Å². The Labute approximate surface area is 257 Å². The van der Waals surface area contributed by atoms with E-state index in [1.54, 1.807) is 21.3 Å². The van der Waals surface area contributed by atoms with E-state index in [4.69, 9.17) is 19.2 Å². The summed E-state index contributed by atoms with van der Waals surface area (Å²) in [7, 11) is 5.13. The normalized spacial score (nSPS) is 13.8. The van der Waals surface area contributed by atoms with E-state index in [1.165, 1.54) is 37.8 Å². The summed E-state index contributed by atoms with van der Waals surface area (Å²) in [5.74, 6) is 4.02. The van der Waals surface area contributed by atoms with E-state index >= 15 is 0 Å². The zero-order valence-corrected chi connectivity index (χ0v) is 26.4. The molecule has 0 atom stereocenters. The van der Waals surface area contributed by atoms with Crippen LogP contribution in [-0.4, -0.2) is 42.3 Å². The van der Waals surface area contributed by atoms with Crippen molar-refractivity contribution in [3.63, 3.8) is 0 Å². The van der Waals surface area contributed by atoms with Gasteiger partial charge >= 0.3 is 0 Å². The first-order chi connectivity index (χ1) is 21.1. The number of unbranched alkanes of at least 4 members (excludes halogenated alkanes) is 1. The average molecular weight is 582 g/mol. The van der Waals surface area contributed by atoms with Crippen molar-refractivity contribution in [2.75, 3.05) is 27.9 Å². The van der Waals surface area contributed by atoms with Crippen molar-refractivity contribution >= 4 is 0 Å². The van der Waals surface area contributed by atoms with E-state index in [9.17, 15) is 0 Å². The number of methoxy groups -OCH3 is 3. The summed E-state index contributed by atoms with van der Waals surface area (Å²) in [5.41, 5.74) is 5.69. The summed E-state index contributed by atoms with van der Waals surface area (Å²) < 4.78 is 19.8. The van der Waals surface area contributed by atoms with Crippen LogP contribution in [0.1, 0.15) is 63.1 Å². The SMILES string of the molecule is CCCCn1c(-c2ccccc2)nc(-c2ccccc2)c1CN(Cc1c(OC)cc(OC)cc1OC)CC1CCCCC1. The maximum absolute atomic E-state index is 5.90. The molecule has 4 aromatic rings. The van der Waals surface area contributed by atoms with Crippen molar-refractivity contribution in [1.82, 2.24) is 14.5 Å². The van der Waals surface area contributed by atoms with E-state index < -0.39 is 0 Å². The van der Waals surface area contributed by atoms with Crippen LogP contribution >= 0.6 is 0 Å². The molecule has 1 aromatic heterocycles. The van der Waals surface area contributed by atoms with Gasteiger partial charge in [0.15, 0.2) is 0 Å². The van der Waals surface area contributed by atoms with Gasteiger partial charge in [0.1, 0.15) is 23.1 Å². The van der Waals surface area contributed by atoms with Crippen LogP contribution in [0.15, 0.2) is 72.8 Å². The Morgan fingerprint density at radius 2 is 1.42 bits per heavy atom. The molecule has 1 aliphatic rings. The van der Waals surface area contributed by atoms with Crippen LogP contribution in [0.4, 0.5) is 0 Å². The van der Waals surface area contributed by atoms with Crippen LogP contribution in [-0.2, 0) is 19.6 Å². The first kappa shape index (κ1) is 30.7. The fraction of sp³-hybridized carbons (Fsp3) is 0.432. The molecule has 0 radical (unpaired) electrons. The highest BCUT2D eigenvalue weighted by molar-refractivity contribution is 5.68. The lowest BCUT2D eigenvalue weighted by molar-refractivity contribution is 0.179. The smallest absolute Gasteiger partial charge is 0.140 e. The highest BCUT2D eigenvalue weighted by Crippen LogP contribution is 2.37. The molecule has 0 amide bonds. The Balaban J connectivity index is 1.62. The first-order valence-electron chi connectivity index (χ1n) is 15.9. The Kier molecular flexibility index (Phi) is 10.8. The van der Waals surface area contributed by atoms with Crippen molar-refractivity contribution in [3.05, 3.63) is 84.1 Å². The van der Waals surface area contributed by atoms with Gasteiger partial charge in [0, 0.05) is 49.4 Å². The number of hydrogen-bond acceptors (Lipinski definition) is 5. The minimum atomic E-state index is 0.671. The van der Waals surface area contributed by atoms with E-state index in [0.29, 0.717) is 12.5 Å². The third kappa shape index (κ3) is 7.42. The molecule has 5 rings (SSSR count). The molecular formula is C37H47N3O3. The Hall–Kier alpha value is -3.77. The van der Waals surface area contributed by atoms with Crippen LogP contribution in [0.5, 0.6) is 17.2 Å². The molecule has 0 spiro atoms. The van der Waals surface area contributed by atoms with Gasteiger partial charge in [-0.25, -0.2) is 4.98 Å². The predicted molar refractivity (Wildman–Crippen MR) is 175 cm³/mol. The molecule has 1 aliphatic carbocycles. The molecule has 43 heavy (non-hydrogen) atoms. The van der Waals surface area contributed by atoms with Crippen molar-refractivity contribution in [2.45, 2.75) is 71.5 Å². The van der Waals surface area contributed by atoms with Crippen LogP contribution in [0, 0.1) is 5.92 Å². The summed E-state index contributed by atoms with van der Waals surface area (Å²) in [6.45, 7) is 5.70. The minimum absolute atomic E-state index is 0.671. The third-order valence-corrected chi connectivity index (χ3v) is 8.70. The fourth-order valence-corrected chi connectivity index (χ4v) is 6.43. The molecule has 1 fully saturated rings. The van der Waals surface area contributed by atoms with Gasteiger partial charge in [0.2, 0.25) is 0 Å². The Morgan fingerprint density at radius 1 is 0.791 bits per heavy atom. The lowest BCUT2D eigenvalue weighted by atomic mass is 9.88.